The van der Waals surface area contributed by atoms with E-state index in [1.807, 2.05) is 6.08 Å². The maximum absolute atomic E-state index is 12.3. The van der Waals surface area contributed by atoms with Gasteiger partial charge in [-0.3, -0.25) is 4.79 Å². The van der Waals surface area contributed by atoms with Gasteiger partial charge in [0.2, 0.25) is 0 Å². The van der Waals surface area contributed by atoms with E-state index in [4.69, 9.17) is 9.47 Å². The molecule has 6 heteroatoms. The largest absolute Gasteiger partial charge is 0.388 e. The number of ether oxygens (including phenoxy) is 2. The molecule has 192 valence electrons. The van der Waals surface area contributed by atoms with Crippen LogP contribution >= 0.6 is 0 Å². The zero-order valence-electron chi connectivity index (χ0n) is 21.5. The molecule has 2 unspecified atom stereocenters. The van der Waals surface area contributed by atoms with Crippen molar-refractivity contribution < 1.29 is 29.6 Å². The van der Waals surface area contributed by atoms with E-state index in [0.717, 1.165) is 50.4 Å². The van der Waals surface area contributed by atoms with E-state index in [1.54, 1.807) is 11.1 Å². The Morgan fingerprint density at radius 1 is 1.18 bits per heavy atom. The summed E-state index contributed by atoms with van der Waals surface area (Å²) >= 11 is 0. The molecule has 0 radical (unpaired) electrons. The SMILES string of the molecule is CCCC1CC2C3=C(C(C)C)CC[C@]3(C)CC[C@@]2(C)[C@@H](O[C@@H]2OC[C@@H](O)[C@H](O)[C@H]2O)C=C1C=O. The number of aliphatic hydroxyl groups excluding tert-OH is 3. The average Bonchev–Trinajstić information content (AvgIpc) is 3.10. The minimum Gasteiger partial charge on any atom is -0.388 e. The highest BCUT2D eigenvalue weighted by Gasteiger charge is 2.56. The van der Waals surface area contributed by atoms with Gasteiger partial charge < -0.3 is 24.8 Å². The monoisotopic (exact) mass is 476 g/mol. The van der Waals surface area contributed by atoms with Crippen LogP contribution in [0.2, 0.25) is 0 Å². The molecule has 9 atom stereocenters. The van der Waals surface area contributed by atoms with Gasteiger partial charge in [-0.15, -0.1) is 0 Å². The number of hydrogen-bond donors (Lipinski definition) is 3. The maximum atomic E-state index is 12.3. The van der Waals surface area contributed by atoms with Gasteiger partial charge in [-0.1, -0.05) is 52.2 Å². The summed E-state index contributed by atoms with van der Waals surface area (Å²) in [6, 6.07) is 0. The second kappa shape index (κ2) is 9.78. The molecule has 4 rings (SSSR count). The lowest BCUT2D eigenvalue weighted by Gasteiger charge is -2.53. The Hall–Kier alpha value is -1.05. The third kappa shape index (κ3) is 4.34. The maximum Gasteiger partial charge on any atom is 0.186 e. The van der Waals surface area contributed by atoms with Gasteiger partial charge in [0.25, 0.3) is 0 Å². The first kappa shape index (κ1) is 26.0. The molecule has 4 aliphatic rings. The Labute approximate surface area is 204 Å². The van der Waals surface area contributed by atoms with Crippen molar-refractivity contribution in [2.45, 2.75) is 110 Å². The molecule has 0 spiro atoms. The molecule has 1 saturated heterocycles. The minimum absolute atomic E-state index is 0.0980. The molecule has 1 aliphatic heterocycles. The average molecular weight is 477 g/mol. The van der Waals surface area contributed by atoms with Crippen LogP contribution in [0.1, 0.15) is 79.6 Å². The van der Waals surface area contributed by atoms with Crippen LogP contribution in [0.4, 0.5) is 0 Å². The molecule has 0 aromatic rings. The predicted molar refractivity (Wildman–Crippen MR) is 130 cm³/mol. The first-order valence-corrected chi connectivity index (χ1v) is 13.3. The Kier molecular flexibility index (Phi) is 7.48. The molecule has 0 amide bonds. The lowest BCUT2D eigenvalue weighted by Crippen LogP contribution is -2.56. The summed E-state index contributed by atoms with van der Waals surface area (Å²) in [6.45, 7) is 11.4. The molecule has 0 aromatic carbocycles. The molecule has 0 bridgehead atoms. The van der Waals surface area contributed by atoms with E-state index in [9.17, 15) is 20.1 Å². The molecule has 1 heterocycles. The van der Waals surface area contributed by atoms with Gasteiger partial charge in [0, 0.05) is 5.41 Å². The first-order chi connectivity index (χ1) is 16.1. The van der Waals surface area contributed by atoms with Crippen LogP contribution in [0.3, 0.4) is 0 Å². The summed E-state index contributed by atoms with van der Waals surface area (Å²) in [5.41, 5.74) is 3.87. The fourth-order valence-electron chi connectivity index (χ4n) is 7.28. The van der Waals surface area contributed by atoms with Crippen LogP contribution in [0.15, 0.2) is 22.8 Å². The molecule has 34 heavy (non-hydrogen) atoms. The van der Waals surface area contributed by atoms with Gasteiger partial charge in [0.15, 0.2) is 6.29 Å². The van der Waals surface area contributed by atoms with Gasteiger partial charge in [-0.2, -0.15) is 0 Å². The number of fused-ring (bicyclic) bond motifs is 3. The molecular formula is C28H44O6. The van der Waals surface area contributed by atoms with Crippen LogP contribution < -0.4 is 0 Å². The lowest BCUT2D eigenvalue weighted by atomic mass is 9.53. The molecule has 3 N–H and O–H groups in total. The summed E-state index contributed by atoms with van der Waals surface area (Å²) in [4.78, 5) is 12.3. The van der Waals surface area contributed by atoms with Crippen molar-refractivity contribution in [1.29, 1.82) is 0 Å². The fraction of sp³-hybridized carbons (Fsp3) is 0.821. The summed E-state index contributed by atoms with van der Waals surface area (Å²) < 4.78 is 12.1. The van der Waals surface area contributed by atoms with Crippen LogP contribution in [0, 0.1) is 28.6 Å². The molecule has 1 saturated carbocycles. The zero-order chi connectivity index (χ0) is 24.8. The van der Waals surface area contributed by atoms with Gasteiger partial charge in [0.05, 0.1) is 12.7 Å². The van der Waals surface area contributed by atoms with E-state index < -0.39 is 30.7 Å². The Morgan fingerprint density at radius 3 is 2.56 bits per heavy atom. The normalized spacial score (nSPS) is 45.0. The summed E-state index contributed by atoms with van der Waals surface area (Å²) in [5.74, 6) is 0.941. The highest BCUT2D eigenvalue weighted by Crippen LogP contribution is 2.64. The second-order valence-corrected chi connectivity index (χ2v) is 12.0. The standard InChI is InChI=1S/C28H44O6/c1-6-7-17-12-20-23-19(16(2)3)8-9-27(23,4)10-11-28(20,5)22(13-18(17)14-29)34-26-25(32)24(31)21(30)15-33-26/h13-14,16-17,20-22,24-26,30-32H,6-12,15H2,1-5H3/t17?,20?,21-,22+,24+,25-,26+,27-,28-/m1/s1. The third-order valence-electron chi connectivity index (χ3n) is 9.49. The Balaban J connectivity index is 1.78. The highest BCUT2D eigenvalue weighted by atomic mass is 16.7. The Morgan fingerprint density at radius 2 is 1.91 bits per heavy atom. The molecule has 6 nitrogen and oxygen atoms in total. The number of carbonyl (C=O) groups is 1. The van der Waals surface area contributed by atoms with Gasteiger partial charge in [-0.05, 0) is 73.3 Å². The minimum atomic E-state index is -1.35. The predicted octanol–water partition coefficient (Wildman–Crippen LogP) is 3.92. The lowest BCUT2D eigenvalue weighted by molar-refractivity contribution is -0.289. The van der Waals surface area contributed by atoms with Crippen LogP contribution in [-0.4, -0.2) is 58.9 Å². The second-order valence-electron chi connectivity index (χ2n) is 12.0. The first-order valence-electron chi connectivity index (χ1n) is 13.3. The number of aldehydes is 1. The van der Waals surface area contributed by atoms with Crippen LogP contribution in [0.25, 0.3) is 0 Å². The van der Waals surface area contributed by atoms with Crippen molar-refractivity contribution in [2.24, 2.45) is 28.6 Å². The van der Waals surface area contributed by atoms with Crippen molar-refractivity contribution in [1.82, 2.24) is 0 Å². The number of aliphatic hydroxyl groups is 3. The van der Waals surface area contributed by atoms with Gasteiger partial charge >= 0.3 is 0 Å². The van der Waals surface area contributed by atoms with E-state index in [0.29, 0.717) is 5.92 Å². The number of rotatable bonds is 6. The Bertz CT molecular complexity index is 833. The highest BCUT2D eigenvalue weighted by molar-refractivity contribution is 5.74. The summed E-state index contributed by atoms with van der Waals surface area (Å²) in [7, 11) is 0. The van der Waals surface area contributed by atoms with Crippen molar-refractivity contribution in [3.8, 4) is 0 Å². The zero-order valence-corrected chi connectivity index (χ0v) is 21.5. The van der Waals surface area contributed by atoms with Crippen LogP contribution in [0.5, 0.6) is 0 Å². The number of carbonyl (C=O) groups excluding carboxylic acids is 1. The number of hydrogen-bond acceptors (Lipinski definition) is 6. The van der Waals surface area contributed by atoms with E-state index in [-0.39, 0.29) is 29.3 Å². The molecule has 0 aromatic heterocycles. The van der Waals surface area contributed by atoms with Crippen molar-refractivity contribution in [3.05, 3.63) is 22.8 Å². The smallest absolute Gasteiger partial charge is 0.186 e. The topological polar surface area (TPSA) is 96.2 Å². The summed E-state index contributed by atoms with van der Waals surface area (Å²) in [5, 5.41) is 30.7. The quantitative estimate of drug-likeness (QED) is 0.397. The third-order valence-corrected chi connectivity index (χ3v) is 9.49. The van der Waals surface area contributed by atoms with Crippen molar-refractivity contribution >= 4 is 6.29 Å². The fourth-order valence-corrected chi connectivity index (χ4v) is 7.28. The summed E-state index contributed by atoms with van der Waals surface area (Å²) in [6.07, 6.45) is 4.93. The molecule has 2 fully saturated rings. The van der Waals surface area contributed by atoms with E-state index >= 15 is 0 Å². The molecule has 3 aliphatic carbocycles. The van der Waals surface area contributed by atoms with Crippen molar-refractivity contribution in [3.63, 3.8) is 0 Å². The van der Waals surface area contributed by atoms with E-state index in [1.165, 1.54) is 6.42 Å². The van der Waals surface area contributed by atoms with Gasteiger partial charge in [-0.25, -0.2) is 0 Å². The number of allylic oxidation sites excluding steroid dienone is 3. The van der Waals surface area contributed by atoms with Crippen molar-refractivity contribution in [2.75, 3.05) is 6.61 Å². The van der Waals surface area contributed by atoms with Gasteiger partial charge in [0.1, 0.15) is 24.6 Å². The van der Waals surface area contributed by atoms with Crippen LogP contribution in [-0.2, 0) is 14.3 Å². The van der Waals surface area contributed by atoms with E-state index in [2.05, 4.69) is 34.6 Å². The molecular weight excluding hydrogens is 432 g/mol.